The van der Waals surface area contributed by atoms with Gasteiger partial charge in [0.1, 0.15) is 6.04 Å². The van der Waals surface area contributed by atoms with E-state index < -0.39 is 10.0 Å². The van der Waals surface area contributed by atoms with Gasteiger partial charge in [0.2, 0.25) is 15.9 Å². The number of nitrogens with one attached hydrogen (secondary N) is 3. The SMILES string of the molecule is COCCNS(=O)(=O)c1ccc2c(c1)CCN(C(=O)C1CC(C)NN1)C2. The van der Waals surface area contributed by atoms with Crippen LogP contribution in [0.25, 0.3) is 0 Å². The molecule has 0 aromatic heterocycles. The summed E-state index contributed by atoms with van der Waals surface area (Å²) < 4.78 is 32.0. The van der Waals surface area contributed by atoms with Crippen LogP contribution >= 0.6 is 0 Å². The number of nitrogens with zero attached hydrogens (tertiary/aromatic N) is 1. The van der Waals surface area contributed by atoms with E-state index in [2.05, 4.69) is 15.6 Å². The van der Waals surface area contributed by atoms with Crippen LogP contribution in [0, 0.1) is 0 Å². The molecule has 1 aromatic carbocycles. The van der Waals surface area contributed by atoms with Gasteiger partial charge < -0.3 is 9.64 Å². The van der Waals surface area contributed by atoms with E-state index in [4.69, 9.17) is 4.74 Å². The molecule has 1 saturated heterocycles. The van der Waals surface area contributed by atoms with Gasteiger partial charge in [0.05, 0.1) is 11.5 Å². The van der Waals surface area contributed by atoms with Crippen LogP contribution in [-0.2, 0) is 32.5 Å². The lowest BCUT2D eigenvalue weighted by atomic mass is 9.99. The zero-order valence-corrected chi connectivity index (χ0v) is 15.9. The minimum absolute atomic E-state index is 0.0884. The Labute approximate surface area is 154 Å². The molecule has 2 heterocycles. The molecule has 2 atom stereocenters. The molecular weight excluding hydrogens is 356 g/mol. The number of ether oxygens (including phenoxy) is 1. The van der Waals surface area contributed by atoms with E-state index in [0.717, 1.165) is 17.5 Å². The molecule has 3 N–H and O–H groups in total. The normalized spacial score (nSPS) is 23.1. The van der Waals surface area contributed by atoms with E-state index in [1.807, 2.05) is 17.9 Å². The number of sulfonamides is 1. The number of amides is 1. The highest BCUT2D eigenvalue weighted by Crippen LogP contribution is 2.23. The van der Waals surface area contributed by atoms with Gasteiger partial charge in [-0.1, -0.05) is 6.07 Å². The Morgan fingerprint density at radius 3 is 2.85 bits per heavy atom. The van der Waals surface area contributed by atoms with Crippen LogP contribution in [0.4, 0.5) is 0 Å². The standard InChI is InChI=1S/C17H26N4O4S/c1-12-9-16(20-19-12)17(22)21-7-5-13-10-15(4-3-14(13)11-21)26(23,24)18-6-8-25-2/h3-4,10,12,16,18-20H,5-9,11H2,1-2H3. The maximum absolute atomic E-state index is 12.6. The van der Waals surface area contributed by atoms with Crippen molar-refractivity contribution in [2.75, 3.05) is 26.8 Å². The highest BCUT2D eigenvalue weighted by atomic mass is 32.2. The molecule has 2 aliphatic rings. The fourth-order valence-corrected chi connectivity index (χ4v) is 4.41. The number of carbonyl (C=O) groups is 1. The van der Waals surface area contributed by atoms with Gasteiger partial charge in [-0.2, -0.15) is 0 Å². The van der Waals surface area contributed by atoms with Crippen molar-refractivity contribution in [1.29, 1.82) is 0 Å². The Morgan fingerprint density at radius 1 is 1.35 bits per heavy atom. The molecule has 9 heteroatoms. The molecule has 1 amide bonds. The number of fused-ring (bicyclic) bond motifs is 1. The summed E-state index contributed by atoms with van der Waals surface area (Å²) in [4.78, 5) is 14.7. The third kappa shape index (κ3) is 4.24. The molecule has 8 nitrogen and oxygen atoms in total. The van der Waals surface area contributed by atoms with Crippen LogP contribution in [0.2, 0.25) is 0 Å². The summed E-state index contributed by atoms with van der Waals surface area (Å²) in [6.45, 7) is 3.70. The molecule has 0 spiro atoms. The fourth-order valence-electron chi connectivity index (χ4n) is 3.34. The molecule has 0 aliphatic carbocycles. The van der Waals surface area contributed by atoms with Crippen LogP contribution in [-0.4, -0.2) is 58.1 Å². The van der Waals surface area contributed by atoms with E-state index in [9.17, 15) is 13.2 Å². The van der Waals surface area contributed by atoms with Crippen LogP contribution < -0.4 is 15.6 Å². The van der Waals surface area contributed by atoms with Gasteiger partial charge in [0, 0.05) is 32.8 Å². The molecule has 1 aromatic rings. The minimum atomic E-state index is -3.54. The number of hydrogen-bond acceptors (Lipinski definition) is 6. The summed E-state index contributed by atoms with van der Waals surface area (Å²) in [5, 5.41) is 0. The van der Waals surface area contributed by atoms with Crippen LogP contribution in [0.3, 0.4) is 0 Å². The first-order valence-corrected chi connectivity index (χ1v) is 10.3. The second-order valence-electron chi connectivity index (χ2n) is 6.81. The summed E-state index contributed by atoms with van der Waals surface area (Å²) >= 11 is 0. The zero-order valence-electron chi connectivity index (χ0n) is 15.1. The average Bonchev–Trinajstić information content (AvgIpc) is 3.06. The Bertz CT molecular complexity index is 768. The molecule has 0 bridgehead atoms. The van der Waals surface area contributed by atoms with Gasteiger partial charge in [0.15, 0.2) is 0 Å². The highest BCUT2D eigenvalue weighted by molar-refractivity contribution is 7.89. The zero-order chi connectivity index (χ0) is 18.7. The maximum Gasteiger partial charge on any atom is 0.241 e. The van der Waals surface area contributed by atoms with Crippen molar-refractivity contribution in [3.8, 4) is 0 Å². The lowest BCUT2D eigenvalue weighted by molar-refractivity contribution is -0.134. The van der Waals surface area contributed by atoms with Crippen molar-refractivity contribution in [3.05, 3.63) is 29.3 Å². The minimum Gasteiger partial charge on any atom is -0.383 e. The number of carbonyl (C=O) groups excluding carboxylic acids is 1. The number of hydrazine groups is 1. The Balaban J connectivity index is 1.68. The number of hydrogen-bond donors (Lipinski definition) is 3. The molecule has 3 rings (SSSR count). The summed E-state index contributed by atoms with van der Waals surface area (Å²) in [7, 11) is -2.02. The van der Waals surface area contributed by atoms with E-state index in [1.54, 1.807) is 12.1 Å². The van der Waals surface area contributed by atoms with Crippen molar-refractivity contribution in [1.82, 2.24) is 20.5 Å². The van der Waals surface area contributed by atoms with E-state index in [1.165, 1.54) is 7.11 Å². The van der Waals surface area contributed by atoms with Crippen molar-refractivity contribution in [2.24, 2.45) is 0 Å². The second kappa shape index (κ2) is 8.01. The summed E-state index contributed by atoms with van der Waals surface area (Å²) in [5.41, 5.74) is 8.10. The quantitative estimate of drug-likeness (QED) is 0.587. The Kier molecular flexibility index (Phi) is 5.93. The number of methoxy groups -OCH3 is 1. The monoisotopic (exact) mass is 382 g/mol. The van der Waals surface area contributed by atoms with E-state index >= 15 is 0 Å². The lowest BCUT2D eigenvalue weighted by Gasteiger charge is -2.31. The van der Waals surface area contributed by atoms with Crippen LogP contribution in [0.15, 0.2) is 23.1 Å². The Morgan fingerprint density at radius 2 is 2.15 bits per heavy atom. The maximum atomic E-state index is 12.6. The number of rotatable bonds is 6. The first kappa shape index (κ1) is 19.2. The van der Waals surface area contributed by atoms with Crippen molar-refractivity contribution in [3.63, 3.8) is 0 Å². The smallest absolute Gasteiger partial charge is 0.241 e. The number of benzene rings is 1. The van der Waals surface area contributed by atoms with Gasteiger partial charge in [-0.25, -0.2) is 18.6 Å². The summed E-state index contributed by atoms with van der Waals surface area (Å²) in [5.74, 6) is 0.0884. The molecule has 2 unspecified atom stereocenters. The fraction of sp³-hybridized carbons (Fsp3) is 0.588. The van der Waals surface area contributed by atoms with Gasteiger partial charge in [-0.05, 0) is 43.0 Å². The van der Waals surface area contributed by atoms with Crippen molar-refractivity contribution < 1.29 is 17.9 Å². The average molecular weight is 382 g/mol. The van der Waals surface area contributed by atoms with Crippen LogP contribution in [0.5, 0.6) is 0 Å². The third-order valence-corrected chi connectivity index (χ3v) is 6.26. The molecule has 1 fully saturated rings. The van der Waals surface area contributed by atoms with Gasteiger partial charge in [0.25, 0.3) is 0 Å². The molecular formula is C17H26N4O4S. The van der Waals surface area contributed by atoms with Crippen molar-refractivity contribution in [2.45, 2.75) is 43.3 Å². The molecule has 2 aliphatic heterocycles. The second-order valence-corrected chi connectivity index (χ2v) is 8.58. The van der Waals surface area contributed by atoms with Gasteiger partial charge in [-0.3, -0.25) is 10.2 Å². The van der Waals surface area contributed by atoms with Crippen LogP contribution in [0.1, 0.15) is 24.5 Å². The van der Waals surface area contributed by atoms with E-state index in [0.29, 0.717) is 26.1 Å². The Hall–Kier alpha value is -1.52. The molecule has 0 radical (unpaired) electrons. The topological polar surface area (TPSA) is 99.8 Å². The predicted octanol–water partition coefficient (Wildman–Crippen LogP) is -0.249. The molecule has 0 saturated carbocycles. The van der Waals surface area contributed by atoms with E-state index in [-0.39, 0.29) is 29.4 Å². The summed E-state index contributed by atoms with van der Waals surface area (Å²) in [6.07, 6.45) is 1.42. The lowest BCUT2D eigenvalue weighted by Crippen LogP contribution is -2.47. The molecule has 144 valence electrons. The van der Waals surface area contributed by atoms with Gasteiger partial charge in [-0.15, -0.1) is 0 Å². The summed E-state index contributed by atoms with van der Waals surface area (Å²) in [6, 6.07) is 5.20. The highest BCUT2D eigenvalue weighted by Gasteiger charge is 2.32. The van der Waals surface area contributed by atoms with Crippen molar-refractivity contribution >= 4 is 15.9 Å². The largest absolute Gasteiger partial charge is 0.383 e. The van der Waals surface area contributed by atoms with Gasteiger partial charge >= 0.3 is 0 Å². The first-order valence-electron chi connectivity index (χ1n) is 8.81. The molecule has 26 heavy (non-hydrogen) atoms. The third-order valence-electron chi connectivity index (χ3n) is 4.80. The predicted molar refractivity (Wildman–Crippen MR) is 96.8 cm³/mol. The first-order chi connectivity index (χ1) is 12.4.